The molecule has 0 atom stereocenters. The first-order valence-electron chi connectivity index (χ1n) is 6.16. The van der Waals surface area contributed by atoms with E-state index >= 15 is 0 Å². The van der Waals surface area contributed by atoms with Gasteiger partial charge in [0.2, 0.25) is 0 Å². The van der Waals surface area contributed by atoms with Crippen LogP contribution in [0.1, 0.15) is 42.0 Å². The van der Waals surface area contributed by atoms with Gasteiger partial charge in [-0.05, 0) is 20.8 Å². The topological polar surface area (TPSA) is 85.8 Å². The minimum absolute atomic E-state index is 0.234. The SMILES string of the molecule is Cc1ocnc1C(=O)NCCc1nncn1C(C)C. The minimum Gasteiger partial charge on any atom is -0.448 e. The Morgan fingerprint density at radius 3 is 2.95 bits per heavy atom. The fraction of sp³-hybridized carbons (Fsp3) is 0.500. The van der Waals surface area contributed by atoms with Gasteiger partial charge in [0.15, 0.2) is 12.1 Å². The average Bonchev–Trinajstić information content (AvgIpc) is 2.97. The number of amides is 1. The second kappa shape index (κ2) is 5.64. The average molecular weight is 263 g/mol. The standard InChI is InChI=1S/C12H17N5O2/c1-8(2)17-6-15-16-10(17)4-5-13-12(18)11-9(3)19-7-14-11/h6-8H,4-5H2,1-3H3,(H,13,18). The van der Waals surface area contributed by atoms with E-state index in [0.717, 1.165) is 5.82 Å². The van der Waals surface area contributed by atoms with Gasteiger partial charge >= 0.3 is 0 Å². The number of hydrogen-bond donors (Lipinski definition) is 1. The zero-order chi connectivity index (χ0) is 13.8. The summed E-state index contributed by atoms with van der Waals surface area (Å²) in [5, 5.41) is 10.7. The molecule has 2 aromatic heterocycles. The summed E-state index contributed by atoms with van der Waals surface area (Å²) in [5.74, 6) is 1.14. The summed E-state index contributed by atoms with van der Waals surface area (Å²) in [7, 11) is 0. The van der Waals surface area contributed by atoms with Gasteiger partial charge in [0.05, 0.1) is 0 Å². The summed E-state index contributed by atoms with van der Waals surface area (Å²) in [6, 6.07) is 0.304. The lowest BCUT2D eigenvalue weighted by atomic mass is 10.3. The monoisotopic (exact) mass is 263 g/mol. The lowest BCUT2D eigenvalue weighted by molar-refractivity contribution is 0.0948. The lowest BCUT2D eigenvalue weighted by Gasteiger charge is -2.10. The van der Waals surface area contributed by atoms with Crippen molar-refractivity contribution in [1.82, 2.24) is 25.1 Å². The van der Waals surface area contributed by atoms with E-state index in [1.165, 1.54) is 6.39 Å². The second-order valence-corrected chi connectivity index (χ2v) is 4.51. The van der Waals surface area contributed by atoms with Crippen LogP contribution in [0.2, 0.25) is 0 Å². The van der Waals surface area contributed by atoms with Crippen molar-refractivity contribution in [3.05, 3.63) is 30.0 Å². The van der Waals surface area contributed by atoms with E-state index in [2.05, 4.69) is 34.3 Å². The van der Waals surface area contributed by atoms with Crippen LogP contribution in [-0.2, 0) is 6.42 Å². The molecular weight excluding hydrogens is 246 g/mol. The molecule has 0 aliphatic heterocycles. The number of rotatable bonds is 5. The van der Waals surface area contributed by atoms with Gasteiger partial charge in [-0.15, -0.1) is 10.2 Å². The van der Waals surface area contributed by atoms with Crippen LogP contribution in [0.25, 0.3) is 0 Å². The van der Waals surface area contributed by atoms with E-state index in [1.807, 2.05) is 4.57 Å². The molecule has 7 nitrogen and oxygen atoms in total. The maximum Gasteiger partial charge on any atom is 0.273 e. The Balaban J connectivity index is 1.89. The van der Waals surface area contributed by atoms with Gasteiger partial charge < -0.3 is 14.3 Å². The van der Waals surface area contributed by atoms with E-state index in [9.17, 15) is 4.79 Å². The first kappa shape index (κ1) is 13.3. The van der Waals surface area contributed by atoms with Gasteiger partial charge in [0.25, 0.3) is 5.91 Å². The number of nitrogens with one attached hydrogen (secondary N) is 1. The number of aromatic nitrogens is 4. The lowest BCUT2D eigenvalue weighted by Crippen LogP contribution is -2.27. The molecule has 0 saturated carbocycles. The normalized spacial score (nSPS) is 10.9. The third-order valence-corrected chi connectivity index (χ3v) is 2.80. The number of aryl methyl sites for hydroxylation is 1. The Hall–Kier alpha value is -2.18. The maximum atomic E-state index is 11.8. The number of carbonyl (C=O) groups excluding carboxylic acids is 1. The fourth-order valence-electron chi connectivity index (χ4n) is 1.77. The van der Waals surface area contributed by atoms with Crippen LogP contribution in [0, 0.1) is 6.92 Å². The largest absolute Gasteiger partial charge is 0.448 e. The van der Waals surface area contributed by atoms with E-state index in [-0.39, 0.29) is 5.91 Å². The fourth-order valence-corrected chi connectivity index (χ4v) is 1.77. The molecule has 0 aliphatic rings. The van der Waals surface area contributed by atoms with Crippen molar-refractivity contribution in [2.45, 2.75) is 33.2 Å². The molecule has 19 heavy (non-hydrogen) atoms. The van der Waals surface area contributed by atoms with Crippen molar-refractivity contribution >= 4 is 5.91 Å². The highest BCUT2D eigenvalue weighted by Crippen LogP contribution is 2.07. The molecule has 1 N–H and O–H groups in total. The summed E-state index contributed by atoms with van der Waals surface area (Å²) in [5.41, 5.74) is 0.324. The van der Waals surface area contributed by atoms with E-state index in [1.54, 1.807) is 13.3 Å². The van der Waals surface area contributed by atoms with Crippen molar-refractivity contribution in [2.24, 2.45) is 0 Å². The Bertz CT molecular complexity index is 558. The van der Waals surface area contributed by atoms with Crippen molar-refractivity contribution in [3.63, 3.8) is 0 Å². The van der Waals surface area contributed by atoms with Gasteiger partial charge in [-0.25, -0.2) is 4.98 Å². The van der Waals surface area contributed by atoms with Crippen molar-refractivity contribution in [2.75, 3.05) is 6.54 Å². The van der Waals surface area contributed by atoms with Gasteiger partial charge in [-0.2, -0.15) is 0 Å². The van der Waals surface area contributed by atoms with Gasteiger partial charge in [-0.1, -0.05) is 0 Å². The summed E-state index contributed by atoms with van der Waals surface area (Å²) < 4.78 is 6.97. The summed E-state index contributed by atoms with van der Waals surface area (Å²) in [6.45, 7) is 6.31. The van der Waals surface area contributed by atoms with Gasteiger partial charge in [-0.3, -0.25) is 4.79 Å². The number of carbonyl (C=O) groups is 1. The van der Waals surface area contributed by atoms with Gasteiger partial charge in [0, 0.05) is 19.0 Å². The van der Waals surface area contributed by atoms with Crippen LogP contribution < -0.4 is 5.32 Å². The highest BCUT2D eigenvalue weighted by molar-refractivity contribution is 5.92. The second-order valence-electron chi connectivity index (χ2n) is 4.51. The van der Waals surface area contributed by atoms with Gasteiger partial charge in [0.1, 0.15) is 17.9 Å². The molecule has 0 aliphatic carbocycles. The van der Waals surface area contributed by atoms with E-state index < -0.39 is 0 Å². The molecule has 0 saturated heterocycles. The van der Waals surface area contributed by atoms with Crippen LogP contribution >= 0.6 is 0 Å². The Morgan fingerprint density at radius 2 is 2.32 bits per heavy atom. The molecule has 0 spiro atoms. The molecule has 102 valence electrons. The van der Waals surface area contributed by atoms with Crippen LogP contribution in [0.5, 0.6) is 0 Å². The third-order valence-electron chi connectivity index (χ3n) is 2.80. The molecule has 0 unspecified atom stereocenters. The minimum atomic E-state index is -0.234. The zero-order valence-electron chi connectivity index (χ0n) is 11.3. The van der Waals surface area contributed by atoms with Crippen molar-refractivity contribution in [3.8, 4) is 0 Å². The first-order valence-corrected chi connectivity index (χ1v) is 6.16. The van der Waals surface area contributed by atoms with Crippen LogP contribution in [0.3, 0.4) is 0 Å². The molecule has 2 rings (SSSR count). The van der Waals surface area contributed by atoms with Crippen LogP contribution in [0.15, 0.2) is 17.1 Å². The first-order chi connectivity index (χ1) is 9.09. The predicted octanol–water partition coefficient (Wildman–Crippen LogP) is 1.13. The molecule has 0 radical (unpaired) electrons. The molecule has 2 aromatic rings. The molecular formula is C12H17N5O2. The number of oxazole rings is 1. The van der Waals surface area contributed by atoms with Crippen LogP contribution in [-0.4, -0.2) is 32.2 Å². The van der Waals surface area contributed by atoms with Crippen LogP contribution in [0.4, 0.5) is 0 Å². The Morgan fingerprint density at radius 1 is 1.53 bits per heavy atom. The number of nitrogens with zero attached hydrogens (tertiary/aromatic N) is 4. The summed E-state index contributed by atoms with van der Waals surface area (Å²) in [6.07, 6.45) is 3.59. The van der Waals surface area contributed by atoms with E-state index in [4.69, 9.17) is 4.42 Å². The molecule has 2 heterocycles. The molecule has 0 fully saturated rings. The summed E-state index contributed by atoms with van der Waals surface area (Å²) in [4.78, 5) is 15.7. The highest BCUT2D eigenvalue weighted by atomic mass is 16.3. The third kappa shape index (κ3) is 2.98. The molecule has 7 heteroatoms. The van der Waals surface area contributed by atoms with E-state index in [0.29, 0.717) is 30.5 Å². The van der Waals surface area contributed by atoms with Crippen molar-refractivity contribution < 1.29 is 9.21 Å². The Labute approximate surface area is 111 Å². The molecule has 0 bridgehead atoms. The molecule has 0 aromatic carbocycles. The Kier molecular flexibility index (Phi) is 3.94. The highest BCUT2D eigenvalue weighted by Gasteiger charge is 2.13. The molecule has 1 amide bonds. The quantitative estimate of drug-likeness (QED) is 0.873. The predicted molar refractivity (Wildman–Crippen MR) is 67.7 cm³/mol. The maximum absolute atomic E-state index is 11.8. The smallest absolute Gasteiger partial charge is 0.273 e. The number of hydrogen-bond acceptors (Lipinski definition) is 5. The van der Waals surface area contributed by atoms with Crippen molar-refractivity contribution in [1.29, 1.82) is 0 Å². The summed E-state index contributed by atoms with van der Waals surface area (Å²) >= 11 is 0. The zero-order valence-corrected chi connectivity index (χ0v) is 11.3.